The molecule has 1 fully saturated rings. The van der Waals surface area contributed by atoms with Crippen LogP contribution in [0.1, 0.15) is 46.5 Å². The molecule has 0 heteroatoms. The lowest BCUT2D eigenvalue weighted by atomic mass is 9.64. The number of rotatable bonds is 1. The molecule has 2 aliphatic carbocycles. The normalized spacial score (nSPS) is 36.4. The number of fused-ring (bicyclic) bond motifs is 1. The van der Waals surface area contributed by atoms with Crippen LogP contribution < -0.4 is 0 Å². The molecule has 3 atom stereocenters. The van der Waals surface area contributed by atoms with Crippen molar-refractivity contribution in [1.82, 2.24) is 0 Å². The lowest BCUT2D eigenvalue weighted by molar-refractivity contribution is 0.224. The first-order chi connectivity index (χ1) is 7.09. The minimum Gasteiger partial charge on any atom is -0.0958 e. The zero-order valence-corrected chi connectivity index (χ0v) is 10.4. The van der Waals surface area contributed by atoms with Crippen molar-refractivity contribution < 1.29 is 0 Å². The summed E-state index contributed by atoms with van der Waals surface area (Å²) in [5, 5.41) is 0. The molecule has 2 aliphatic rings. The van der Waals surface area contributed by atoms with Crippen molar-refractivity contribution >= 4 is 0 Å². The lowest BCUT2D eigenvalue weighted by Gasteiger charge is -2.41. The van der Waals surface area contributed by atoms with Gasteiger partial charge in [-0.15, -0.1) is 0 Å². The molecule has 1 saturated carbocycles. The van der Waals surface area contributed by atoms with Gasteiger partial charge in [-0.1, -0.05) is 44.6 Å². The maximum atomic E-state index is 4.15. The second kappa shape index (κ2) is 4.15. The zero-order valence-electron chi connectivity index (χ0n) is 10.4. The van der Waals surface area contributed by atoms with E-state index < -0.39 is 0 Å². The lowest BCUT2D eigenvalue weighted by Crippen LogP contribution is -2.30. The summed E-state index contributed by atoms with van der Waals surface area (Å²) in [4.78, 5) is 0. The fraction of sp³-hybridized carbons (Fsp3) is 0.733. The van der Waals surface area contributed by atoms with E-state index in [1.807, 2.05) is 0 Å². The Morgan fingerprint density at radius 3 is 2.67 bits per heavy atom. The highest BCUT2D eigenvalue weighted by Crippen LogP contribution is 2.46. The first-order valence-corrected chi connectivity index (χ1v) is 6.49. The third-order valence-corrected chi connectivity index (χ3v) is 4.43. The van der Waals surface area contributed by atoms with Gasteiger partial charge in [-0.05, 0) is 49.4 Å². The molecule has 0 saturated heterocycles. The summed E-state index contributed by atoms with van der Waals surface area (Å²) in [6.07, 6.45) is 7.83. The number of allylic oxidation sites excluding steroid dienone is 3. The van der Waals surface area contributed by atoms with E-state index in [1.54, 1.807) is 5.57 Å². The van der Waals surface area contributed by atoms with Crippen LogP contribution in [-0.2, 0) is 0 Å². The van der Waals surface area contributed by atoms with E-state index in [1.165, 1.54) is 31.3 Å². The third-order valence-electron chi connectivity index (χ3n) is 4.43. The van der Waals surface area contributed by atoms with Crippen molar-refractivity contribution in [2.45, 2.75) is 46.5 Å². The molecule has 0 unspecified atom stereocenters. The van der Waals surface area contributed by atoms with E-state index in [4.69, 9.17) is 0 Å². The Bertz CT molecular complexity index is 282. The second-order valence-corrected chi connectivity index (χ2v) is 5.85. The quantitative estimate of drug-likeness (QED) is 0.586. The minimum atomic E-state index is 0.803. The Balaban J connectivity index is 2.27. The molecule has 0 N–H and O–H groups in total. The van der Waals surface area contributed by atoms with Gasteiger partial charge < -0.3 is 0 Å². The first-order valence-electron chi connectivity index (χ1n) is 6.49. The van der Waals surface area contributed by atoms with E-state index in [0.717, 1.165) is 23.7 Å². The van der Waals surface area contributed by atoms with Crippen LogP contribution in [0.3, 0.4) is 0 Å². The average Bonchev–Trinajstić information content (AvgIpc) is 2.17. The minimum absolute atomic E-state index is 0.803. The number of hydrogen-bond acceptors (Lipinski definition) is 0. The fourth-order valence-electron chi connectivity index (χ4n) is 3.45. The van der Waals surface area contributed by atoms with Gasteiger partial charge in [0, 0.05) is 0 Å². The highest BCUT2D eigenvalue weighted by molar-refractivity contribution is 5.30. The Labute approximate surface area is 94.5 Å². The van der Waals surface area contributed by atoms with Gasteiger partial charge in [0.05, 0.1) is 0 Å². The summed E-state index contributed by atoms with van der Waals surface area (Å²) < 4.78 is 0. The maximum Gasteiger partial charge on any atom is -0.0168 e. The first kappa shape index (κ1) is 11.0. The molecular weight excluding hydrogens is 180 g/mol. The van der Waals surface area contributed by atoms with Crippen LogP contribution >= 0.6 is 0 Å². The van der Waals surface area contributed by atoms with Gasteiger partial charge in [0.15, 0.2) is 0 Å². The van der Waals surface area contributed by atoms with E-state index >= 15 is 0 Å². The van der Waals surface area contributed by atoms with E-state index in [-0.39, 0.29) is 0 Å². The highest BCUT2D eigenvalue weighted by Gasteiger charge is 2.35. The summed E-state index contributed by atoms with van der Waals surface area (Å²) in [6.45, 7) is 11.3. The smallest absolute Gasteiger partial charge is 0.0168 e. The summed E-state index contributed by atoms with van der Waals surface area (Å²) >= 11 is 0. The summed E-state index contributed by atoms with van der Waals surface area (Å²) in [5.74, 6) is 3.41. The van der Waals surface area contributed by atoms with Gasteiger partial charge in [0.25, 0.3) is 0 Å². The van der Waals surface area contributed by atoms with E-state index in [0.29, 0.717) is 0 Å². The van der Waals surface area contributed by atoms with E-state index in [2.05, 4.69) is 33.4 Å². The molecule has 0 aromatic rings. The highest BCUT2D eigenvalue weighted by atomic mass is 14.4. The topological polar surface area (TPSA) is 0 Å². The van der Waals surface area contributed by atoms with Crippen LogP contribution in [0.5, 0.6) is 0 Å². The van der Waals surface area contributed by atoms with Crippen molar-refractivity contribution in [3.05, 3.63) is 23.8 Å². The monoisotopic (exact) mass is 204 g/mol. The molecule has 0 spiro atoms. The molecule has 0 nitrogen and oxygen atoms in total. The fourth-order valence-corrected chi connectivity index (χ4v) is 3.45. The predicted octanol–water partition coefficient (Wildman–Crippen LogP) is 4.58. The van der Waals surface area contributed by atoms with Crippen LogP contribution in [0.25, 0.3) is 0 Å². The van der Waals surface area contributed by atoms with E-state index in [9.17, 15) is 0 Å². The standard InChI is InChI=1S/C15H24/c1-10(2)13-8-6-12(4)14-7-5-11(3)9-15(13)14/h9-10,12-14H,3,5-8H2,1-2,4H3/t12-,13-,14-/m0/s1. The predicted molar refractivity (Wildman–Crippen MR) is 66.7 cm³/mol. The summed E-state index contributed by atoms with van der Waals surface area (Å²) in [6, 6.07) is 0. The molecule has 0 bridgehead atoms. The van der Waals surface area contributed by atoms with Gasteiger partial charge in [0.2, 0.25) is 0 Å². The molecule has 15 heavy (non-hydrogen) atoms. The molecule has 0 radical (unpaired) electrons. The molecule has 0 heterocycles. The van der Waals surface area contributed by atoms with Gasteiger partial charge in [-0.3, -0.25) is 0 Å². The van der Waals surface area contributed by atoms with Crippen LogP contribution in [0.2, 0.25) is 0 Å². The third kappa shape index (κ3) is 2.04. The zero-order chi connectivity index (χ0) is 11.0. The molecular formula is C15H24. The van der Waals surface area contributed by atoms with Crippen LogP contribution in [0.4, 0.5) is 0 Å². The molecule has 0 amide bonds. The molecule has 0 aromatic carbocycles. The van der Waals surface area contributed by atoms with Gasteiger partial charge >= 0.3 is 0 Å². The molecule has 2 rings (SSSR count). The molecule has 0 aromatic heterocycles. The molecule has 0 aliphatic heterocycles. The second-order valence-electron chi connectivity index (χ2n) is 5.85. The van der Waals surface area contributed by atoms with Gasteiger partial charge in [-0.25, -0.2) is 0 Å². The van der Waals surface area contributed by atoms with Crippen molar-refractivity contribution in [2.24, 2.45) is 23.7 Å². The number of hydrogen-bond donors (Lipinski definition) is 0. The Kier molecular flexibility index (Phi) is 3.04. The largest absolute Gasteiger partial charge is 0.0958 e. The Hall–Kier alpha value is -0.520. The van der Waals surface area contributed by atoms with Gasteiger partial charge in [-0.2, -0.15) is 0 Å². The average molecular weight is 204 g/mol. The Morgan fingerprint density at radius 2 is 2.00 bits per heavy atom. The summed E-state index contributed by atoms with van der Waals surface area (Å²) in [7, 11) is 0. The van der Waals surface area contributed by atoms with Crippen molar-refractivity contribution in [3.8, 4) is 0 Å². The molecule has 84 valence electrons. The van der Waals surface area contributed by atoms with Gasteiger partial charge in [0.1, 0.15) is 0 Å². The van der Waals surface area contributed by atoms with Crippen molar-refractivity contribution in [1.29, 1.82) is 0 Å². The Morgan fingerprint density at radius 1 is 1.27 bits per heavy atom. The summed E-state index contributed by atoms with van der Waals surface area (Å²) in [5.41, 5.74) is 3.10. The van der Waals surface area contributed by atoms with Crippen molar-refractivity contribution in [3.63, 3.8) is 0 Å². The van der Waals surface area contributed by atoms with Crippen molar-refractivity contribution in [2.75, 3.05) is 0 Å². The van der Waals surface area contributed by atoms with Crippen LogP contribution in [0, 0.1) is 23.7 Å². The van der Waals surface area contributed by atoms with Crippen LogP contribution in [0.15, 0.2) is 23.8 Å². The maximum absolute atomic E-state index is 4.15. The van der Waals surface area contributed by atoms with Crippen LogP contribution in [-0.4, -0.2) is 0 Å². The SMILES string of the molecule is C=C1C=C2[C@H](C(C)C)CC[C@H](C)[C@@H]2CC1.